The molecule has 1 amide bonds. The summed E-state index contributed by atoms with van der Waals surface area (Å²) in [7, 11) is 0. The Hall–Kier alpha value is -2.10. The molecule has 0 heterocycles. The van der Waals surface area contributed by atoms with Crippen LogP contribution in [0.15, 0.2) is 35.4 Å². The van der Waals surface area contributed by atoms with Crippen molar-refractivity contribution in [3.63, 3.8) is 0 Å². The summed E-state index contributed by atoms with van der Waals surface area (Å²) in [4.78, 5) is 22.4. The van der Waals surface area contributed by atoms with Crippen LogP contribution in [0.25, 0.3) is 0 Å². The van der Waals surface area contributed by atoms with Crippen LogP contribution in [-0.4, -0.2) is 17.0 Å². The van der Waals surface area contributed by atoms with Crippen molar-refractivity contribution in [2.24, 2.45) is 0 Å². The van der Waals surface area contributed by atoms with Crippen LogP contribution in [0.4, 0.5) is 0 Å². The third-order valence-electron chi connectivity index (χ3n) is 2.76. The van der Waals surface area contributed by atoms with Crippen LogP contribution < -0.4 is 5.32 Å². The van der Waals surface area contributed by atoms with Gasteiger partial charge in [0.15, 0.2) is 0 Å². The minimum atomic E-state index is -1.07. The van der Waals surface area contributed by atoms with Crippen molar-refractivity contribution in [3.05, 3.63) is 46.5 Å². The highest BCUT2D eigenvalue weighted by atomic mass is 16.4. The fourth-order valence-electron chi connectivity index (χ4n) is 1.47. The standard InChI is InChI=1S/C14H17NO3/c1-9-5-4-6-12(7-9)8-15-13(16)10(2)11(3)14(17)18/h4-7H,8H2,1-3H3,(H,15,16)(H,17,18). The first kappa shape index (κ1) is 14.0. The van der Waals surface area contributed by atoms with E-state index in [0.29, 0.717) is 6.54 Å². The Kier molecular flexibility index (Phi) is 4.66. The molecule has 0 aromatic heterocycles. The second-order valence-electron chi connectivity index (χ2n) is 4.23. The normalized spacial score (nSPS) is 11.7. The number of aliphatic carboxylic acids is 1. The summed E-state index contributed by atoms with van der Waals surface area (Å²) in [6.45, 7) is 5.30. The third kappa shape index (κ3) is 3.73. The van der Waals surface area contributed by atoms with Gasteiger partial charge in [0, 0.05) is 17.7 Å². The number of benzene rings is 1. The Labute approximate surface area is 106 Å². The number of carbonyl (C=O) groups excluding carboxylic acids is 1. The maximum absolute atomic E-state index is 11.7. The fourth-order valence-corrected chi connectivity index (χ4v) is 1.47. The van der Waals surface area contributed by atoms with E-state index in [1.54, 1.807) is 0 Å². The molecule has 1 aromatic carbocycles. The predicted molar refractivity (Wildman–Crippen MR) is 69.0 cm³/mol. The van der Waals surface area contributed by atoms with Gasteiger partial charge in [-0.2, -0.15) is 0 Å². The van der Waals surface area contributed by atoms with Crippen LogP contribution in [-0.2, 0) is 16.1 Å². The van der Waals surface area contributed by atoms with Gasteiger partial charge in [-0.05, 0) is 26.3 Å². The number of rotatable bonds is 4. The van der Waals surface area contributed by atoms with Gasteiger partial charge in [0.2, 0.25) is 5.91 Å². The topological polar surface area (TPSA) is 66.4 Å². The van der Waals surface area contributed by atoms with Crippen LogP contribution >= 0.6 is 0 Å². The molecule has 4 heteroatoms. The fraction of sp³-hybridized carbons (Fsp3) is 0.286. The van der Waals surface area contributed by atoms with Crippen molar-refractivity contribution in [2.45, 2.75) is 27.3 Å². The van der Waals surface area contributed by atoms with E-state index in [1.807, 2.05) is 31.2 Å². The highest BCUT2D eigenvalue weighted by molar-refractivity contribution is 6.01. The molecule has 0 aliphatic carbocycles. The lowest BCUT2D eigenvalue weighted by Gasteiger charge is -2.07. The first-order chi connectivity index (χ1) is 8.41. The Morgan fingerprint density at radius 1 is 1.22 bits per heavy atom. The molecule has 18 heavy (non-hydrogen) atoms. The molecule has 0 saturated heterocycles. The van der Waals surface area contributed by atoms with E-state index in [-0.39, 0.29) is 17.1 Å². The Bertz CT molecular complexity index is 504. The van der Waals surface area contributed by atoms with Crippen LogP contribution in [0, 0.1) is 6.92 Å². The Morgan fingerprint density at radius 3 is 2.44 bits per heavy atom. The van der Waals surface area contributed by atoms with E-state index >= 15 is 0 Å². The lowest BCUT2D eigenvalue weighted by Crippen LogP contribution is -2.25. The summed E-state index contributed by atoms with van der Waals surface area (Å²) in [6.07, 6.45) is 0. The number of carboxylic acid groups (broad SMARTS) is 1. The molecule has 0 saturated carbocycles. The second kappa shape index (κ2) is 6.00. The van der Waals surface area contributed by atoms with E-state index < -0.39 is 5.97 Å². The summed E-state index contributed by atoms with van der Waals surface area (Å²) >= 11 is 0. The Balaban J connectivity index is 2.67. The van der Waals surface area contributed by atoms with Crippen molar-refractivity contribution < 1.29 is 14.7 Å². The number of hydrogen-bond acceptors (Lipinski definition) is 2. The van der Waals surface area contributed by atoms with Crippen molar-refractivity contribution in [3.8, 4) is 0 Å². The van der Waals surface area contributed by atoms with Crippen LogP contribution in [0.1, 0.15) is 25.0 Å². The van der Waals surface area contributed by atoms with Gasteiger partial charge in [-0.15, -0.1) is 0 Å². The molecule has 1 aromatic rings. The van der Waals surface area contributed by atoms with Gasteiger partial charge >= 0.3 is 5.97 Å². The number of carbonyl (C=O) groups is 2. The summed E-state index contributed by atoms with van der Waals surface area (Å²) in [5.74, 6) is -1.42. The molecule has 0 atom stereocenters. The average Bonchev–Trinajstić information content (AvgIpc) is 2.34. The van der Waals surface area contributed by atoms with Crippen molar-refractivity contribution in [2.75, 3.05) is 0 Å². The highest BCUT2D eigenvalue weighted by Gasteiger charge is 2.12. The number of carboxylic acids is 1. The first-order valence-corrected chi connectivity index (χ1v) is 5.66. The van der Waals surface area contributed by atoms with E-state index in [4.69, 9.17) is 5.11 Å². The van der Waals surface area contributed by atoms with Gasteiger partial charge in [-0.1, -0.05) is 29.8 Å². The minimum absolute atomic E-state index is 0.0664. The zero-order valence-corrected chi connectivity index (χ0v) is 10.8. The lowest BCUT2D eigenvalue weighted by molar-refractivity contribution is -0.133. The number of nitrogens with one attached hydrogen (secondary N) is 1. The Morgan fingerprint density at radius 2 is 1.89 bits per heavy atom. The number of amides is 1. The summed E-state index contributed by atoms with van der Waals surface area (Å²) in [5.41, 5.74) is 2.41. The van der Waals surface area contributed by atoms with Gasteiger partial charge in [0.05, 0.1) is 0 Å². The molecular weight excluding hydrogens is 230 g/mol. The molecule has 0 radical (unpaired) electrons. The molecule has 0 fully saturated rings. The van der Waals surface area contributed by atoms with Gasteiger partial charge < -0.3 is 10.4 Å². The lowest BCUT2D eigenvalue weighted by atomic mass is 10.1. The molecule has 96 valence electrons. The van der Waals surface area contributed by atoms with Gasteiger partial charge in [-0.25, -0.2) is 4.79 Å². The van der Waals surface area contributed by atoms with E-state index in [1.165, 1.54) is 13.8 Å². The SMILES string of the molecule is CC(C(=O)O)=C(C)C(=O)NCc1cccc(C)c1. The van der Waals surface area contributed by atoms with E-state index in [0.717, 1.165) is 11.1 Å². The maximum atomic E-state index is 11.7. The smallest absolute Gasteiger partial charge is 0.331 e. The van der Waals surface area contributed by atoms with Crippen molar-refractivity contribution in [1.82, 2.24) is 5.32 Å². The monoisotopic (exact) mass is 247 g/mol. The zero-order chi connectivity index (χ0) is 13.7. The van der Waals surface area contributed by atoms with Crippen LogP contribution in [0.3, 0.4) is 0 Å². The van der Waals surface area contributed by atoms with Gasteiger partial charge in [-0.3, -0.25) is 4.79 Å². The summed E-state index contributed by atoms with van der Waals surface area (Å²) < 4.78 is 0. The molecule has 0 aliphatic rings. The molecule has 0 bridgehead atoms. The molecule has 0 aliphatic heterocycles. The maximum Gasteiger partial charge on any atom is 0.331 e. The molecule has 0 unspecified atom stereocenters. The average molecular weight is 247 g/mol. The quantitative estimate of drug-likeness (QED) is 0.800. The van der Waals surface area contributed by atoms with Gasteiger partial charge in [0.25, 0.3) is 0 Å². The summed E-state index contributed by atoms with van der Waals surface area (Å²) in [6, 6.07) is 7.78. The molecular formula is C14H17NO3. The molecule has 4 nitrogen and oxygen atoms in total. The van der Waals surface area contributed by atoms with Crippen LogP contribution in [0.2, 0.25) is 0 Å². The molecule has 0 spiro atoms. The number of hydrogen-bond donors (Lipinski definition) is 2. The minimum Gasteiger partial charge on any atom is -0.478 e. The first-order valence-electron chi connectivity index (χ1n) is 5.66. The second-order valence-corrected chi connectivity index (χ2v) is 4.23. The van der Waals surface area contributed by atoms with Crippen molar-refractivity contribution >= 4 is 11.9 Å². The predicted octanol–water partition coefficient (Wildman–Crippen LogP) is 2.03. The van der Waals surface area contributed by atoms with E-state index in [2.05, 4.69) is 5.32 Å². The molecule has 2 N–H and O–H groups in total. The zero-order valence-electron chi connectivity index (χ0n) is 10.8. The summed E-state index contributed by atoms with van der Waals surface area (Å²) in [5, 5.41) is 11.5. The van der Waals surface area contributed by atoms with E-state index in [9.17, 15) is 9.59 Å². The third-order valence-corrected chi connectivity index (χ3v) is 2.76. The van der Waals surface area contributed by atoms with Crippen LogP contribution in [0.5, 0.6) is 0 Å². The highest BCUT2D eigenvalue weighted by Crippen LogP contribution is 2.06. The van der Waals surface area contributed by atoms with Gasteiger partial charge in [0.1, 0.15) is 0 Å². The number of aryl methyl sites for hydroxylation is 1. The molecule has 1 rings (SSSR count). The largest absolute Gasteiger partial charge is 0.478 e. The van der Waals surface area contributed by atoms with Crippen molar-refractivity contribution in [1.29, 1.82) is 0 Å².